The van der Waals surface area contributed by atoms with Crippen LogP contribution in [0.15, 0.2) is 71.6 Å². The number of nitrogen functional groups attached to an aromatic ring is 1. The Labute approximate surface area is 198 Å². The fourth-order valence-corrected chi connectivity index (χ4v) is 4.16. The third kappa shape index (κ3) is 6.47. The summed E-state index contributed by atoms with van der Waals surface area (Å²) in [4.78, 5) is 12.5. The normalized spacial score (nSPS) is 10.7. The molecule has 0 bridgehead atoms. The summed E-state index contributed by atoms with van der Waals surface area (Å²) in [6, 6.07) is 17.8. The molecule has 0 radical (unpaired) electrons. The number of phenols is 1. The molecule has 0 fully saturated rings. The van der Waals surface area contributed by atoms with E-state index in [0.29, 0.717) is 16.7 Å². The molecule has 0 saturated carbocycles. The first-order valence-corrected chi connectivity index (χ1v) is 11.2. The maximum Gasteiger partial charge on any atom is 0.262 e. The molecule has 8 nitrogen and oxygen atoms in total. The number of nitrogens with one attached hydrogen (secondary N) is 3. The van der Waals surface area contributed by atoms with Crippen LogP contribution in [0.25, 0.3) is 0 Å². The standard InChI is InChI=1S/C23H24N4O4S.ClH/c1-15-7-12-20(27-32(30,31)18-5-3-2-4-6-18)22(29)19(15)13-21(28)26-14-16-8-10-17(11-9-16)23(24)25;/h2-12,27,29H,13-14H2,1H3,(H3,24,25)(H,26,28);1H. The van der Waals surface area contributed by atoms with Crippen molar-refractivity contribution in [1.82, 2.24) is 5.32 Å². The van der Waals surface area contributed by atoms with Crippen LogP contribution in [0.2, 0.25) is 0 Å². The zero-order valence-corrected chi connectivity index (χ0v) is 19.5. The minimum absolute atomic E-state index is 0. The van der Waals surface area contributed by atoms with Crippen LogP contribution in [0.3, 0.4) is 0 Å². The molecule has 0 aliphatic heterocycles. The van der Waals surface area contributed by atoms with Crippen LogP contribution in [0.4, 0.5) is 5.69 Å². The lowest BCUT2D eigenvalue weighted by atomic mass is 10.0. The lowest BCUT2D eigenvalue weighted by molar-refractivity contribution is -0.120. The van der Waals surface area contributed by atoms with Gasteiger partial charge in [-0.15, -0.1) is 12.4 Å². The fraction of sp³-hybridized carbons (Fsp3) is 0.130. The molecule has 0 unspecified atom stereocenters. The first kappa shape index (κ1) is 25.7. The lowest BCUT2D eigenvalue weighted by Gasteiger charge is -2.15. The Hall–Kier alpha value is -3.56. The van der Waals surface area contributed by atoms with E-state index in [-0.39, 0.29) is 53.4 Å². The molecule has 0 aliphatic carbocycles. The summed E-state index contributed by atoms with van der Waals surface area (Å²) in [7, 11) is -3.88. The molecule has 0 spiro atoms. The molecule has 10 heteroatoms. The number of sulfonamides is 1. The Balaban J connectivity index is 0.00000385. The molecule has 174 valence electrons. The number of amidine groups is 1. The zero-order valence-electron chi connectivity index (χ0n) is 17.8. The highest BCUT2D eigenvalue weighted by molar-refractivity contribution is 7.92. The van der Waals surface area contributed by atoms with Crippen LogP contribution >= 0.6 is 12.4 Å². The van der Waals surface area contributed by atoms with Gasteiger partial charge in [0.05, 0.1) is 17.0 Å². The van der Waals surface area contributed by atoms with E-state index in [0.717, 1.165) is 5.56 Å². The molecular weight excluding hydrogens is 464 g/mol. The second-order valence-corrected chi connectivity index (χ2v) is 8.92. The van der Waals surface area contributed by atoms with Gasteiger partial charge in [0, 0.05) is 17.7 Å². The Kier molecular flexibility index (Phi) is 8.44. The molecule has 3 aromatic carbocycles. The maximum absolute atomic E-state index is 12.6. The second kappa shape index (κ2) is 10.8. The molecule has 0 aromatic heterocycles. The van der Waals surface area contributed by atoms with Crippen LogP contribution < -0.4 is 15.8 Å². The van der Waals surface area contributed by atoms with E-state index in [2.05, 4.69) is 10.0 Å². The van der Waals surface area contributed by atoms with E-state index >= 15 is 0 Å². The predicted molar refractivity (Wildman–Crippen MR) is 130 cm³/mol. The third-order valence-corrected chi connectivity index (χ3v) is 6.29. The first-order valence-electron chi connectivity index (χ1n) is 9.76. The molecule has 0 atom stereocenters. The molecule has 0 heterocycles. The molecule has 33 heavy (non-hydrogen) atoms. The summed E-state index contributed by atoms with van der Waals surface area (Å²) in [6.07, 6.45) is -0.121. The number of hydrogen-bond donors (Lipinski definition) is 5. The highest BCUT2D eigenvalue weighted by atomic mass is 35.5. The number of carbonyl (C=O) groups is 1. The van der Waals surface area contributed by atoms with E-state index in [1.54, 1.807) is 55.5 Å². The van der Waals surface area contributed by atoms with Crippen molar-refractivity contribution in [3.8, 4) is 5.75 Å². The average molecular weight is 489 g/mol. The molecule has 0 saturated heterocycles. The number of aryl methyl sites for hydroxylation is 1. The van der Waals surface area contributed by atoms with Crippen molar-refractivity contribution in [2.45, 2.75) is 24.8 Å². The summed E-state index contributed by atoms with van der Waals surface area (Å²) < 4.78 is 27.5. The van der Waals surface area contributed by atoms with Crippen molar-refractivity contribution in [2.75, 3.05) is 4.72 Å². The van der Waals surface area contributed by atoms with Gasteiger partial charge in [0.15, 0.2) is 0 Å². The van der Waals surface area contributed by atoms with Gasteiger partial charge in [-0.25, -0.2) is 8.42 Å². The number of nitrogens with two attached hydrogens (primary N) is 1. The topological polar surface area (TPSA) is 145 Å². The second-order valence-electron chi connectivity index (χ2n) is 7.24. The number of aromatic hydroxyl groups is 1. The maximum atomic E-state index is 12.6. The van der Waals surface area contributed by atoms with Crippen LogP contribution in [-0.4, -0.2) is 25.3 Å². The largest absolute Gasteiger partial charge is 0.505 e. The van der Waals surface area contributed by atoms with E-state index in [9.17, 15) is 18.3 Å². The van der Waals surface area contributed by atoms with E-state index in [4.69, 9.17) is 11.1 Å². The van der Waals surface area contributed by atoms with Crippen LogP contribution in [0.1, 0.15) is 22.3 Å². The summed E-state index contributed by atoms with van der Waals surface area (Å²) in [6.45, 7) is 2.00. The SMILES string of the molecule is Cc1ccc(NS(=O)(=O)c2ccccc2)c(O)c1CC(=O)NCc1ccc(C(=N)N)cc1.Cl. The predicted octanol–water partition coefficient (Wildman–Crippen LogP) is 3.07. The van der Waals surface area contributed by atoms with Crippen LogP contribution in [-0.2, 0) is 27.8 Å². The molecule has 1 amide bonds. The quantitative estimate of drug-likeness (QED) is 0.188. The van der Waals surface area contributed by atoms with Crippen molar-refractivity contribution < 1.29 is 18.3 Å². The van der Waals surface area contributed by atoms with Gasteiger partial charge in [0.25, 0.3) is 10.0 Å². The van der Waals surface area contributed by atoms with Gasteiger partial charge in [-0.1, -0.05) is 48.5 Å². The minimum Gasteiger partial charge on any atom is -0.505 e. The summed E-state index contributed by atoms with van der Waals surface area (Å²) in [5.41, 5.74) is 7.85. The number of carbonyl (C=O) groups excluding carboxylic acids is 1. The van der Waals surface area contributed by atoms with Gasteiger partial charge in [0.1, 0.15) is 11.6 Å². The van der Waals surface area contributed by atoms with Crippen molar-refractivity contribution in [1.29, 1.82) is 5.41 Å². The number of halogens is 1. The minimum atomic E-state index is -3.88. The Bertz CT molecular complexity index is 1250. The van der Waals surface area contributed by atoms with Gasteiger partial charge in [-0.3, -0.25) is 14.9 Å². The molecule has 3 rings (SSSR count). The number of hydrogen-bond acceptors (Lipinski definition) is 5. The van der Waals surface area contributed by atoms with E-state index < -0.39 is 10.0 Å². The fourth-order valence-electron chi connectivity index (χ4n) is 3.07. The molecule has 3 aromatic rings. The highest BCUT2D eigenvalue weighted by Crippen LogP contribution is 2.32. The molecule has 0 aliphatic rings. The van der Waals surface area contributed by atoms with Gasteiger partial charge in [-0.2, -0.15) is 0 Å². The number of amides is 1. The Morgan fingerprint density at radius 3 is 2.27 bits per heavy atom. The van der Waals surface area contributed by atoms with Crippen LogP contribution in [0.5, 0.6) is 5.75 Å². The van der Waals surface area contributed by atoms with Gasteiger partial charge < -0.3 is 16.2 Å². The Morgan fingerprint density at radius 2 is 1.67 bits per heavy atom. The van der Waals surface area contributed by atoms with Gasteiger partial charge in [-0.05, 0) is 36.2 Å². The number of phenolic OH excluding ortho intramolecular Hbond substituents is 1. The first-order chi connectivity index (χ1) is 15.2. The number of anilines is 1. The van der Waals surface area contributed by atoms with E-state index in [1.165, 1.54) is 18.2 Å². The van der Waals surface area contributed by atoms with Gasteiger partial charge >= 0.3 is 0 Å². The zero-order chi connectivity index (χ0) is 23.3. The summed E-state index contributed by atoms with van der Waals surface area (Å²) >= 11 is 0. The van der Waals surface area contributed by atoms with Crippen LogP contribution in [0, 0.1) is 12.3 Å². The van der Waals surface area contributed by atoms with Crippen molar-refractivity contribution in [3.63, 3.8) is 0 Å². The smallest absolute Gasteiger partial charge is 0.262 e. The summed E-state index contributed by atoms with van der Waals surface area (Å²) in [5, 5.41) is 20.8. The Morgan fingerprint density at radius 1 is 1.03 bits per heavy atom. The number of rotatable bonds is 8. The average Bonchev–Trinajstić information content (AvgIpc) is 2.78. The third-order valence-electron chi connectivity index (χ3n) is 4.91. The van der Waals surface area contributed by atoms with Gasteiger partial charge in [0.2, 0.25) is 5.91 Å². The number of benzene rings is 3. The molecular formula is C23H25ClN4O4S. The van der Waals surface area contributed by atoms with Crippen molar-refractivity contribution in [2.24, 2.45) is 5.73 Å². The monoisotopic (exact) mass is 488 g/mol. The van der Waals surface area contributed by atoms with E-state index in [1.807, 2.05) is 0 Å². The van der Waals surface area contributed by atoms with Crippen molar-refractivity contribution >= 4 is 39.9 Å². The summed E-state index contributed by atoms with van der Waals surface area (Å²) in [5.74, 6) is -0.651. The van der Waals surface area contributed by atoms with Crippen molar-refractivity contribution in [3.05, 3.63) is 89.0 Å². The lowest BCUT2D eigenvalue weighted by Crippen LogP contribution is -2.25. The highest BCUT2D eigenvalue weighted by Gasteiger charge is 2.19. The molecule has 6 N–H and O–H groups in total.